The molecule has 0 nitrogen and oxygen atoms in total. The van der Waals surface area contributed by atoms with Crippen molar-refractivity contribution in [3.8, 4) is 0 Å². The average molecular weight is 170 g/mol. The summed E-state index contributed by atoms with van der Waals surface area (Å²) < 4.78 is 1.29. The van der Waals surface area contributed by atoms with Crippen molar-refractivity contribution in [2.24, 2.45) is 0 Å². The topological polar surface area (TPSA) is 0 Å². The Morgan fingerprint density at radius 1 is 1.75 bits per heavy atom. The Morgan fingerprint density at radius 2 is 2.00 bits per heavy atom. The highest BCUT2D eigenvalue weighted by Crippen LogP contribution is 1.53. The van der Waals surface area contributed by atoms with E-state index < -0.39 is 0 Å². The van der Waals surface area contributed by atoms with E-state index in [1.54, 1.807) is 0 Å². The van der Waals surface area contributed by atoms with E-state index in [2.05, 4.69) is 29.5 Å². The Balaban J connectivity index is 1.97. The molecule has 0 rings (SSSR count). The average Bonchev–Trinajstić information content (AvgIpc) is 1.37. The zero-order valence-corrected chi connectivity index (χ0v) is 4.95. The number of hydrogen-bond acceptors (Lipinski definition) is 0. The molecule has 0 spiro atoms. The molecule has 0 aliphatic rings. The first kappa shape index (κ1) is 4.73. The van der Waals surface area contributed by atoms with E-state index in [9.17, 15) is 0 Å². The first-order chi connectivity index (χ1) is 1.91. The van der Waals surface area contributed by atoms with Crippen molar-refractivity contribution in [3.05, 3.63) is 0 Å². The van der Waals surface area contributed by atoms with Gasteiger partial charge in [0.1, 0.15) is 0 Å². The molecule has 1 radical (unpaired) electrons. The summed E-state index contributed by atoms with van der Waals surface area (Å²) in [6.45, 7) is 2.17. The smallest absolute Gasteiger partial charge is 0.0672 e. The molecule has 0 N–H and O–H groups in total. The highest BCUT2D eigenvalue weighted by Gasteiger charge is 1.44. The van der Waals surface area contributed by atoms with E-state index in [1.165, 1.54) is 10.8 Å². The minimum absolute atomic E-state index is 1.29. The van der Waals surface area contributed by atoms with E-state index in [0.29, 0.717) is 0 Å². The molecule has 0 aromatic carbocycles. The Bertz CT molecular complexity index is 5.25. The standard InChI is InChI=1S/C3H7I/c1-2-3-4/h2-3H2,1H3/q-1. The molecule has 0 unspecified atom stereocenters. The van der Waals surface area contributed by atoms with Crippen LogP contribution in [0.3, 0.4) is 0 Å². The lowest BCUT2D eigenvalue weighted by Gasteiger charge is -1.89. The number of rotatable bonds is 1. The van der Waals surface area contributed by atoms with E-state index in [4.69, 9.17) is 0 Å². The molecule has 0 bridgehead atoms. The van der Waals surface area contributed by atoms with Gasteiger partial charge >= 0.3 is 0 Å². The molecule has 0 fully saturated rings. The molecule has 0 aliphatic heterocycles. The second kappa shape index (κ2) is 3.73. The molecule has 0 aromatic rings. The van der Waals surface area contributed by atoms with Gasteiger partial charge in [-0.2, -0.15) is 4.43 Å². The van der Waals surface area contributed by atoms with Crippen molar-refractivity contribution < 1.29 is 22.6 Å². The Morgan fingerprint density at radius 3 is 2.00 bits per heavy atom. The summed E-state index contributed by atoms with van der Waals surface area (Å²) in [7, 11) is 0. The van der Waals surface area contributed by atoms with Crippen LogP contribution in [0.2, 0.25) is 0 Å². The summed E-state index contributed by atoms with van der Waals surface area (Å²) in [4.78, 5) is 0. The van der Waals surface area contributed by atoms with E-state index in [-0.39, 0.29) is 0 Å². The van der Waals surface area contributed by atoms with Gasteiger partial charge in [-0.05, 0) is 0 Å². The third-order valence-electron chi connectivity index (χ3n) is 0.189. The van der Waals surface area contributed by atoms with Crippen LogP contribution in [0, 0.1) is 0 Å². The molecule has 0 amide bonds. The van der Waals surface area contributed by atoms with Crippen molar-refractivity contribution >= 4 is 0 Å². The zero-order valence-electron chi connectivity index (χ0n) is 2.79. The zero-order chi connectivity index (χ0) is 3.41. The van der Waals surface area contributed by atoms with Gasteiger partial charge in [-0.25, -0.2) is 0 Å². The lowest BCUT2D eigenvalue weighted by atomic mass is 10.6. The molecule has 27 valence electrons. The molecular formula is C3H7I-. The molecule has 0 saturated carbocycles. The Kier molecular flexibility index (Phi) is 4.41. The normalized spacial score (nSPS) is 7.50. The van der Waals surface area contributed by atoms with Crippen LogP contribution in [0.4, 0.5) is 0 Å². The van der Waals surface area contributed by atoms with Gasteiger partial charge in [0.15, 0.2) is 0 Å². The van der Waals surface area contributed by atoms with Crippen LogP contribution >= 0.6 is 0 Å². The van der Waals surface area contributed by atoms with Crippen molar-refractivity contribution in [2.45, 2.75) is 13.3 Å². The van der Waals surface area contributed by atoms with Gasteiger partial charge in [-0.1, -0.05) is 13.3 Å². The van der Waals surface area contributed by atoms with E-state index in [1.807, 2.05) is 0 Å². The number of alkyl halides is 1. The molecule has 4 heavy (non-hydrogen) atoms. The molecule has 1 heteroatoms. The summed E-state index contributed by atoms with van der Waals surface area (Å²) in [6.07, 6.45) is 1.31. The van der Waals surface area contributed by atoms with Gasteiger partial charge < -0.3 is 22.6 Å². The maximum Gasteiger partial charge on any atom is -0.0672 e. The highest BCUT2D eigenvalue weighted by atomic mass is 127. The summed E-state index contributed by atoms with van der Waals surface area (Å²) in [6, 6.07) is 0. The summed E-state index contributed by atoms with van der Waals surface area (Å²) in [5.74, 6) is 0. The lowest BCUT2D eigenvalue weighted by molar-refractivity contribution is -0.367. The molecule has 0 aromatic heterocycles. The van der Waals surface area contributed by atoms with Crippen molar-refractivity contribution in [1.82, 2.24) is 0 Å². The minimum Gasteiger partial charge on any atom is -0.797 e. The van der Waals surface area contributed by atoms with Crippen LogP contribution in [0.15, 0.2) is 0 Å². The van der Waals surface area contributed by atoms with Crippen molar-refractivity contribution in [2.75, 3.05) is 4.43 Å². The predicted molar refractivity (Wildman–Crippen MR) is 15.2 cm³/mol. The second-order valence-corrected chi connectivity index (χ2v) is 1.77. The fourth-order valence-corrected chi connectivity index (χ4v) is 0. The number of halogens is 1. The van der Waals surface area contributed by atoms with Crippen LogP contribution < -0.4 is 22.6 Å². The molecule has 0 atom stereocenters. The number of hydrogen-bond donors (Lipinski definition) is 0. The van der Waals surface area contributed by atoms with Gasteiger partial charge in [0.05, 0.1) is 0 Å². The van der Waals surface area contributed by atoms with Gasteiger partial charge in [-0.15, -0.1) is 0 Å². The van der Waals surface area contributed by atoms with Crippen LogP contribution in [-0.2, 0) is 0 Å². The third kappa shape index (κ3) is 2.73. The van der Waals surface area contributed by atoms with Gasteiger partial charge in [0, 0.05) is 0 Å². The lowest BCUT2D eigenvalue weighted by Crippen LogP contribution is -3.35. The summed E-state index contributed by atoms with van der Waals surface area (Å²) in [5, 5.41) is 0. The van der Waals surface area contributed by atoms with Crippen LogP contribution in [0.25, 0.3) is 0 Å². The first-order valence-electron chi connectivity index (χ1n) is 1.47. The predicted octanol–water partition coefficient (Wildman–Crippen LogP) is -2.05. The maximum atomic E-state index is 2.35. The third-order valence-corrected chi connectivity index (χ3v) is 1.27. The maximum absolute atomic E-state index is 2.35. The van der Waals surface area contributed by atoms with Crippen LogP contribution in [0.5, 0.6) is 0 Å². The van der Waals surface area contributed by atoms with Gasteiger partial charge in [0.25, 0.3) is 0 Å². The first-order valence-corrected chi connectivity index (χ1v) is 3.00. The summed E-state index contributed by atoms with van der Waals surface area (Å²) >= 11 is 2.35. The monoisotopic (exact) mass is 170 g/mol. The molecular weight excluding hydrogens is 163 g/mol. The highest BCUT2D eigenvalue weighted by molar-refractivity contribution is 4.07. The Labute approximate surface area is 40.7 Å². The second-order valence-electron chi connectivity index (χ2n) is 0.689. The fourth-order valence-electron chi connectivity index (χ4n) is 0. The van der Waals surface area contributed by atoms with Crippen LogP contribution in [0.1, 0.15) is 13.3 Å². The fraction of sp³-hybridized carbons (Fsp3) is 1.00. The largest absolute Gasteiger partial charge is 0.797 e. The van der Waals surface area contributed by atoms with Gasteiger partial charge in [-0.3, -0.25) is 0 Å². The van der Waals surface area contributed by atoms with Crippen molar-refractivity contribution in [1.29, 1.82) is 0 Å². The SMILES string of the molecule is CCC[I-]. The van der Waals surface area contributed by atoms with Crippen molar-refractivity contribution in [3.63, 3.8) is 0 Å². The quantitative estimate of drug-likeness (QED) is 0.314. The molecule has 0 saturated heterocycles. The van der Waals surface area contributed by atoms with Crippen LogP contribution in [-0.4, -0.2) is 4.43 Å². The van der Waals surface area contributed by atoms with E-state index >= 15 is 0 Å². The Hall–Kier alpha value is 0.730. The minimum atomic E-state index is 1.29. The summed E-state index contributed by atoms with van der Waals surface area (Å²) in [5.41, 5.74) is 0. The van der Waals surface area contributed by atoms with Gasteiger partial charge in [0.2, 0.25) is 0 Å². The molecule has 0 heterocycles. The molecule has 0 aliphatic carbocycles. The van der Waals surface area contributed by atoms with E-state index in [0.717, 1.165) is 0 Å².